The molecule has 18 heavy (non-hydrogen) atoms. The minimum Gasteiger partial charge on any atom is -0.370 e. The fourth-order valence-corrected chi connectivity index (χ4v) is 2.51. The summed E-state index contributed by atoms with van der Waals surface area (Å²) in [5.74, 6) is 4.22. The molecule has 2 rings (SSSR count). The number of aromatic nitrogens is 2. The Bertz CT molecular complexity index is 377. The minimum atomic E-state index is 0.799. The SMILES string of the molecule is Cc1nc(NCCS)cc(NCC2CCCC2)n1. The third-order valence-corrected chi connectivity index (χ3v) is 3.53. The zero-order valence-corrected chi connectivity index (χ0v) is 11.8. The highest BCUT2D eigenvalue weighted by Crippen LogP contribution is 2.24. The Labute approximate surface area is 114 Å². The molecular weight excluding hydrogens is 244 g/mol. The van der Waals surface area contributed by atoms with Gasteiger partial charge in [0, 0.05) is 24.9 Å². The number of thiol groups is 1. The summed E-state index contributed by atoms with van der Waals surface area (Å²) in [6, 6.07) is 1.98. The summed E-state index contributed by atoms with van der Waals surface area (Å²) in [7, 11) is 0. The van der Waals surface area contributed by atoms with Crippen LogP contribution in [0, 0.1) is 12.8 Å². The Morgan fingerprint density at radius 1 is 1.22 bits per heavy atom. The second kappa shape index (κ2) is 6.83. The normalized spacial score (nSPS) is 15.9. The molecular formula is C13H22N4S. The largest absolute Gasteiger partial charge is 0.370 e. The fourth-order valence-electron chi connectivity index (χ4n) is 2.40. The lowest BCUT2D eigenvalue weighted by Crippen LogP contribution is -2.13. The molecule has 0 atom stereocenters. The molecule has 0 spiro atoms. The number of aryl methyl sites for hydroxylation is 1. The van der Waals surface area contributed by atoms with Crippen molar-refractivity contribution in [1.82, 2.24) is 9.97 Å². The van der Waals surface area contributed by atoms with E-state index >= 15 is 0 Å². The van der Waals surface area contributed by atoms with Gasteiger partial charge < -0.3 is 10.6 Å². The van der Waals surface area contributed by atoms with Gasteiger partial charge in [-0.3, -0.25) is 0 Å². The predicted octanol–water partition coefficient (Wildman–Crippen LogP) is 2.73. The Balaban J connectivity index is 1.91. The van der Waals surface area contributed by atoms with E-state index in [1.807, 2.05) is 13.0 Å². The van der Waals surface area contributed by atoms with Crippen molar-refractivity contribution < 1.29 is 0 Å². The van der Waals surface area contributed by atoms with Crippen molar-refractivity contribution in [3.8, 4) is 0 Å². The van der Waals surface area contributed by atoms with Crippen LogP contribution in [-0.2, 0) is 0 Å². The second-order valence-electron chi connectivity index (χ2n) is 4.87. The Hall–Kier alpha value is -0.970. The van der Waals surface area contributed by atoms with Crippen molar-refractivity contribution in [3.05, 3.63) is 11.9 Å². The van der Waals surface area contributed by atoms with Crippen molar-refractivity contribution in [3.63, 3.8) is 0 Å². The van der Waals surface area contributed by atoms with Crippen LogP contribution in [0.3, 0.4) is 0 Å². The Morgan fingerprint density at radius 3 is 2.56 bits per heavy atom. The van der Waals surface area contributed by atoms with Crippen LogP contribution >= 0.6 is 12.6 Å². The molecule has 1 aliphatic carbocycles. The summed E-state index contributed by atoms with van der Waals surface area (Å²) in [6.07, 6.45) is 5.46. The molecule has 0 aromatic carbocycles. The zero-order chi connectivity index (χ0) is 12.8. The molecule has 0 radical (unpaired) electrons. The van der Waals surface area contributed by atoms with Gasteiger partial charge in [0.2, 0.25) is 0 Å². The fraction of sp³-hybridized carbons (Fsp3) is 0.692. The molecule has 5 heteroatoms. The van der Waals surface area contributed by atoms with Gasteiger partial charge >= 0.3 is 0 Å². The van der Waals surface area contributed by atoms with Gasteiger partial charge in [0.15, 0.2) is 0 Å². The van der Waals surface area contributed by atoms with Crippen molar-refractivity contribution in [2.24, 2.45) is 5.92 Å². The van der Waals surface area contributed by atoms with E-state index in [9.17, 15) is 0 Å². The lowest BCUT2D eigenvalue weighted by molar-refractivity contribution is 0.578. The first kappa shape index (κ1) is 13.5. The van der Waals surface area contributed by atoms with Crippen molar-refractivity contribution >= 4 is 24.3 Å². The molecule has 100 valence electrons. The monoisotopic (exact) mass is 266 g/mol. The van der Waals surface area contributed by atoms with Crippen LogP contribution in [0.25, 0.3) is 0 Å². The molecule has 1 aromatic heterocycles. The van der Waals surface area contributed by atoms with Crippen molar-refractivity contribution in [1.29, 1.82) is 0 Å². The maximum atomic E-state index is 4.42. The van der Waals surface area contributed by atoms with Crippen LogP contribution in [-0.4, -0.2) is 28.8 Å². The Morgan fingerprint density at radius 2 is 1.89 bits per heavy atom. The van der Waals surface area contributed by atoms with Gasteiger partial charge in [0.1, 0.15) is 17.5 Å². The van der Waals surface area contributed by atoms with E-state index in [-0.39, 0.29) is 0 Å². The van der Waals surface area contributed by atoms with Crippen LogP contribution in [0.1, 0.15) is 31.5 Å². The maximum Gasteiger partial charge on any atom is 0.131 e. The van der Waals surface area contributed by atoms with Crippen molar-refractivity contribution in [2.75, 3.05) is 29.5 Å². The molecule has 4 nitrogen and oxygen atoms in total. The topological polar surface area (TPSA) is 49.8 Å². The molecule has 0 saturated heterocycles. The summed E-state index contributed by atoms with van der Waals surface area (Å²) in [5, 5.41) is 6.67. The Kier molecular flexibility index (Phi) is 5.11. The molecule has 1 aromatic rings. The van der Waals surface area contributed by atoms with Gasteiger partial charge in [0.25, 0.3) is 0 Å². The summed E-state index contributed by atoms with van der Waals surface area (Å²) in [4.78, 5) is 8.78. The molecule has 1 aliphatic rings. The quantitative estimate of drug-likeness (QED) is 0.693. The van der Waals surface area contributed by atoms with E-state index in [0.717, 1.165) is 42.2 Å². The maximum absolute atomic E-state index is 4.42. The third kappa shape index (κ3) is 4.05. The van der Waals surface area contributed by atoms with Gasteiger partial charge in [-0.15, -0.1) is 0 Å². The van der Waals surface area contributed by atoms with Gasteiger partial charge in [-0.25, -0.2) is 9.97 Å². The first-order valence-electron chi connectivity index (χ1n) is 6.72. The number of nitrogens with zero attached hydrogens (tertiary/aromatic N) is 2. The highest BCUT2D eigenvalue weighted by Gasteiger charge is 2.14. The van der Waals surface area contributed by atoms with Gasteiger partial charge in [-0.2, -0.15) is 12.6 Å². The number of rotatable bonds is 6. The molecule has 0 unspecified atom stereocenters. The lowest BCUT2D eigenvalue weighted by Gasteiger charge is -2.12. The van der Waals surface area contributed by atoms with E-state index in [1.165, 1.54) is 25.7 Å². The number of nitrogens with one attached hydrogen (secondary N) is 2. The first-order valence-corrected chi connectivity index (χ1v) is 7.35. The number of anilines is 2. The highest BCUT2D eigenvalue weighted by atomic mass is 32.1. The number of hydrogen-bond acceptors (Lipinski definition) is 5. The summed E-state index contributed by atoms with van der Waals surface area (Å²) in [6.45, 7) is 3.77. The molecule has 0 bridgehead atoms. The van der Waals surface area contributed by atoms with E-state index in [4.69, 9.17) is 0 Å². The molecule has 0 amide bonds. The van der Waals surface area contributed by atoms with Crippen LogP contribution in [0.5, 0.6) is 0 Å². The average molecular weight is 266 g/mol. The van der Waals surface area contributed by atoms with E-state index < -0.39 is 0 Å². The van der Waals surface area contributed by atoms with Crippen LogP contribution in [0.15, 0.2) is 6.07 Å². The highest BCUT2D eigenvalue weighted by molar-refractivity contribution is 7.80. The predicted molar refractivity (Wildman–Crippen MR) is 79.6 cm³/mol. The van der Waals surface area contributed by atoms with E-state index in [1.54, 1.807) is 0 Å². The van der Waals surface area contributed by atoms with E-state index in [2.05, 4.69) is 33.2 Å². The average Bonchev–Trinajstić information content (AvgIpc) is 2.86. The third-order valence-electron chi connectivity index (χ3n) is 3.30. The molecule has 1 heterocycles. The summed E-state index contributed by atoms with van der Waals surface area (Å²) < 4.78 is 0. The molecule has 1 fully saturated rings. The smallest absolute Gasteiger partial charge is 0.131 e. The van der Waals surface area contributed by atoms with Crippen LogP contribution < -0.4 is 10.6 Å². The van der Waals surface area contributed by atoms with E-state index in [0.29, 0.717) is 0 Å². The van der Waals surface area contributed by atoms with Crippen molar-refractivity contribution in [2.45, 2.75) is 32.6 Å². The van der Waals surface area contributed by atoms with Gasteiger partial charge in [0.05, 0.1) is 0 Å². The standard InChI is InChI=1S/C13H22N4S/c1-10-16-12(14-6-7-18)8-13(17-10)15-9-11-4-2-3-5-11/h8,11,18H,2-7,9H2,1H3,(H2,14,15,16,17). The molecule has 1 saturated carbocycles. The van der Waals surface area contributed by atoms with Gasteiger partial charge in [-0.05, 0) is 25.7 Å². The van der Waals surface area contributed by atoms with Gasteiger partial charge in [-0.1, -0.05) is 12.8 Å². The van der Waals surface area contributed by atoms with Crippen LogP contribution in [0.4, 0.5) is 11.6 Å². The number of hydrogen-bond donors (Lipinski definition) is 3. The first-order chi connectivity index (χ1) is 8.78. The minimum absolute atomic E-state index is 0.799. The zero-order valence-electron chi connectivity index (χ0n) is 10.9. The lowest BCUT2D eigenvalue weighted by atomic mass is 10.1. The molecule has 0 aliphatic heterocycles. The van der Waals surface area contributed by atoms with Crippen LogP contribution in [0.2, 0.25) is 0 Å². The molecule has 2 N–H and O–H groups in total. The summed E-state index contributed by atoms with van der Waals surface area (Å²) in [5.41, 5.74) is 0. The second-order valence-corrected chi connectivity index (χ2v) is 5.31. The summed E-state index contributed by atoms with van der Waals surface area (Å²) >= 11 is 4.18.